The molecule has 0 atom stereocenters. The quantitative estimate of drug-likeness (QED) is 0.407. The molecule has 0 bridgehead atoms. The van der Waals surface area contributed by atoms with E-state index in [-0.39, 0.29) is 29.3 Å². The van der Waals surface area contributed by atoms with Crippen molar-refractivity contribution >= 4 is 11.8 Å². The van der Waals surface area contributed by atoms with Gasteiger partial charge in [-0.25, -0.2) is 4.79 Å². The van der Waals surface area contributed by atoms with Crippen LogP contribution in [0.4, 0.5) is 0 Å². The topological polar surface area (TPSA) is 93.1 Å². The summed E-state index contributed by atoms with van der Waals surface area (Å²) in [4.78, 5) is 22.9. The number of phenols is 1. The summed E-state index contributed by atoms with van der Waals surface area (Å²) in [6, 6.07) is 7.85. The smallest absolute Gasteiger partial charge is 0.335 e. The Hall–Kier alpha value is -3.02. The van der Waals surface area contributed by atoms with E-state index in [1.54, 1.807) is 18.2 Å². The molecule has 0 fully saturated rings. The maximum Gasteiger partial charge on any atom is 0.335 e. The van der Waals surface area contributed by atoms with Crippen molar-refractivity contribution in [1.82, 2.24) is 0 Å². The molecule has 0 spiro atoms. The highest BCUT2D eigenvalue weighted by molar-refractivity contribution is 5.97. The second kappa shape index (κ2) is 10.5. The van der Waals surface area contributed by atoms with Gasteiger partial charge >= 0.3 is 5.97 Å². The van der Waals surface area contributed by atoms with Gasteiger partial charge in [-0.1, -0.05) is 32.3 Å². The number of carboxylic acid groups (broad SMARTS) is 1. The second-order valence-electron chi connectivity index (χ2n) is 6.93. The van der Waals surface area contributed by atoms with E-state index >= 15 is 0 Å². The maximum atomic E-state index is 11.8. The number of carbonyl (C=O) groups is 2. The number of benzene rings is 2. The predicted octanol–water partition coefficient (Wildman–Crippen LogP) is 5.00. The first-order chi connectivity index (χ1) is 13.9. The lowest BCUT2D eigenvalue weighted by Gasteiger charge is -2.16. The number of hydrogen-bond donors (Lipinski definition) is 2. The number of Topliss-reactive ketones (excluding diaryl/α,β-unsaturated/α-hetero) is 1. The fraction of sp³-hybridized carbons (Fsp3) is 0.391. The van der Waals surface area contributed by atoms with Crippen molar-refractivity contribution in [1.29, 1.82) is 0 Å². The molecule has 0 radical (unpaired) electrons. The average molecular weight is 400 g/mol. The lowest BCUT2D eigenvalue weighted by atomic mass is 9.99. The number of hydrogen-bond acceptors (Lipinski definition) is 5. The first-order valence-electron chi connectivity index (χ1n) is 9.77. The largest absolute Gasteiger partial charge is 0.507 e. The van der Waals surface area contributed by atoms with Crippen LogP contribution in [0.2, 0.25) is 0 Å². The summed E-state index contributed by atoms with van der Waals surface area (Å²) in [6.07, 6.45) is 4.74. The Morgan fingerprint density at radius 2 is 1.79 bits per heavy atom. The zero-order valence-corrected chi connectivity index (χ0v) is 17.2. The van der Waals surface area contributed by atoms with E-state index in [2.05, 4.69) is 6.92 Å². The highest BCUT2D eigenvalue weighted by Gasteiger charge is 2.17. The van der Waals surface area contributed by atoms with Crippen molar-refractivity contribution in [3.05, 3.63) is 52.6 Å². The molecule has 6 heteroatoms. The van der Waals surface area contributed by atoms with Gasteiger partial charge in [-0.15, -0.1) is 0 Å². The average Bonchev–Trinajstić information content (AvgIpc) is 2.70. The molecule has 0 aliphatic carbocycles. The molecule has 2 N–H and O–H groups in total. The van der Waals surface area contributed by atoms with Crippen LogP contribution in [0.3, 0.4) is 0 Å². The van der Waals surface area contributed by atoms with Gasteiger partial charge in [-0.05, 0) is 44.0 Å². The number of carboxylic acids is 1. The first-order valence-corrected chi connectivity index (χ1v) is 9.77. The summed E-state index contributed by atoms with van der Waals surface area (Å²) >= 11 is 0. The van der Waals surface area contributed by atoms with Gasteiger partial charge in [-0.3, -0.25) is 4.79 Å². The van der Waals surface area contributed by atoms with Crippen LogP contribution in [0.1, 0.15) is 71.4 Å². The normalized spacial score (nSPS) is 10.6. The second-order valence-corrected chi connectivity index (χ2v) is 6.93. The predicted molar refractivity (Wildman–Crippen MR) is 110 cm³/mol. The molecule has 6 nitrogen and oxygen atoms in total. The van der Waals surface area contributed by atoms with Crippen LogP contribution in [-0.2, 0) is 13.0 Å². The molecule has 29 heavy (non-hydrogen) atoms. The van der Waals surface area contributed by atoms with Gasteiger partial charge in [0.2, 0.25) is 0 Å². The molecule has 2 aromatic rings. The first kappa shape index (κ1) is 22.3. The summed E-state index contributed by atoms with van der Waals surface area (Å²) in [5.74, 6) is -0.336. The number of ketones is 1. The molecule has 156 valence electrons. The molecule has 0 saturated carbocycles. The van der Waals surface area contributed by atoms with E-state index in [0.29, 0.717) is 29.0 Å². The summed E-state index contributed by atoms with van der Waals surface area (Å²) in [7, 11) is 1.47. The number of ether oxygens (including phenoxy) is 2. The zero-order chi connectivity index (χ0) is 21.4. The third kappa shape index (κ3) is 5.73. The molecule has 0 unspecified atom stereocenters. The van der Waals surface area contributed by atoms with Crippen LogP contribution in [0, 0.1) is 0 Å². The van der Waals surface area contributed by atoms with Crippen molar-refractivity contribution in [3.63, 3.8) is 0 Å². The standard InChI is InChI=1S/C23H28O6/c1-4-5-6-7-8-19-20(12-11-18(15(2)24)22(19)25)29-14-17-10-9-16(23(26)27)13-21(17)28-3/h9-13,25H,4-8,14H2,1-3H3,(H,26,27). The van der Waals surface area contributed by atoms with Crippen LogP contribution in [0.5, 0.6) is 17.2 Å². The molecular formula is C23H28O6. The summed E-state index contributed by atoms with van der Waals surface area (Å²) in [5, 5.41) is 19.7. The summed E-state index contributed by atoms with van der Waals surface area (Å²) in [5.41, 5.74) is 1.72. The van der Waals surface area contributed by atoms with Crippen molar-refractivity contribution in [3.8, 4) is 17.2 Å². The van der Waals surface area contributed by atoms with Gasteiger partial charge in [0.05, 0.1) is 18.2 Å². The number of aromatic hydroxyl groups is 1. The van der Waals surface area contributed by atoms with E-state index in [1.165, 1.54) is 26.2 Å². The van der Waals surface area contributed by atoms with Crippen LogP contribution < -0.4 is 9.47 Å². The Labute approximate surface area is 171 Å². The molecular weight excluding hydrogens is 372 g/mol. The van der Waals surface area contributed by atoms with Gasteiger partial charge < -0.3 is 19.7 Å². The lowest BCUT2D eigenvalue weighted by molar-refractivity contribution is 0.0696. The van der Waals surface area contributed by atoms with Gasteiger partial charge in [0.1, 0.15) is 23.9 Å². The van der Waals surface area contributed by atoms with Crippen LogP contribution >= 0.6 is 0 Å². The Balaban J connectivity index is 2.26. The fourth-order valence-corrected chi connectivity index (χ4v) is 3.16. The van der Waals surface area contributed by atoms with E-state index in [0.717, 1.165) is 25.7 Å². The number of phenolic OH excluding ortho intramolecular Hbond substituents is 1. The van der Waals surface area contributed by atoms with Crippen molar-refractivity contribution in [2.24, 2.45) is 0 Å². The SMILES string of the molecule is CCCCCCc1c(OCc2ccc(C(=O)O)cc2OC)ccc(C(C)=O)c1O. The number of aromatic carboxylic acids is 1. The van der Waals surface area contributed by atoms with Crippen molar-refractivity contribution in [2.45, 2.75) is 52.6 Å². The fourth-order valence-electron chi connectivity index (χ4n) is 3.16. The Morgan fingerprint density at radius 3 is 2.41 bits per heavy atom. The minimum atomic E-state index is -1.03. The molecule has 2 aromatic carbocycles. The monoisotopic (exact) mass is 400 g/mol. The maximum absolute atomic E-state index is 11.8. The van der Waals surface area contributed by atoms with Gasteiger partial charge in [0, 0.05) is 11.1 Å². The summed E-state index contributed by atoms with van der Waals surface area (Å²) < 4.78 is 11.2. The minimum Gasteiger partial charge on any atom is -0.507 e. The van der Waals surface area contributed by atoms with E-state index in [1.807, 2.05) is 0 Å². The molecule has 0 aliphatic heterocycles. The summed E-state index contributed by atoms with van der Waals surface area (Å²) in [6.45, 7) is 3.70. The van der Waals surface area contributed by atoms with E-state index < -0.39 is 5.97 Å². The van der Waals surface area contributed by atoms with Gasteiger partial charge in [-0.2, -0.15) is 0 Å². The van der Waals surface area contributed by atoms with Crippen LogP contribution in [0.25, 0.3) is 0 Å². The van der Waals surface area contributed by atoms with Gasteiger partial charge in [0.15, 0.2) is 5.78 Å². The number of rotatable bonds is 11. The van der Waals surface area contributed by atoms with E-state index in [9.17, 15) is 14.7 Å². The lowest BCUT2D eigenvalue weighted by Crippen LogP contribution is -2.05. The number of carbonyl (C=O) groups excluding carboxylic acids is 1. The van der Waals surface area contributed by atoms with Crippen molar-refractivity contribution in [2.75, 3.05) is 7.11 Å². The third-order valence-corrected chi connectivity index (χ3v) is 4.82. The Kier molecular flexibility index (Phi) is 8.07. The minimum absolute atomic E-state index is 0.0281. The molecule has 0 heterocycles. The molecule has 0 amide bonds. The van der Waals surface area contributed by atoms with E-state index in [4.69, 9.17) is 14.6 Å². The highest BCUT2D eigenvalue weighted by Crippen LogP contribution is 2.34. The van der Waals surface area contributed by atoms with Gasteiger partial charge in [0.25, 0.3) is 0 Å². The highest BCUT2D eigenvalue weighted by atomic mass is 16.5. The van der Waals surface area contributed by atoms with Crippen LogP contribution in [0.15, 0.2) is 30.3 Å². The zero-order valence-electron chi connectivity index (χ0n) is 17.2. The third-order valence-electron chi connectivity index (χ3n) is 4.82. The number of methoxy groups -OCH3 is 1. The molecule has 2 rings (SSSR count). The molecule has 0 saturated heterocycles. The van der Waals surface area contributed by atoms with Crippen molar-refractivity contribution < 1.29 is 29.3 Å². The van der Waals surface area contributed by atoms with Crippen LogP contribution in [-0.4, -0.2) is 29.1 Å². The Morgan fingerprint density at radius 1 is 1.03 bits per heavy atom. The molecule has 0 aromatic heterocycles. The Bertz CT molecular complexity index is 872. The number of unbranched alkanes of at least 4 members (excludes halogenated alkanes) is 3. The molecule has 0 aliphatic rings.